The fraction of sp³-hybridized carbons (Fsp3) is 0.400. The smallest absolute Gasteiger partial charge is 0.120 e. The number of nitrogens with one attached hydrogen (secondary N) is 1. The Balaban J connectivity index is 1.75. The van der Waals surface area contributed by atoms with Crippen LogP contribution in [0.2, 0.25) is 5.02 Å². The summed E-state index contributed by atoms with van der Waals surface area (Å²) in [4.78, 5) is 4.30. The lowest BCUT2D eigenvalue weighted by atomic mass is 10.2. The number of aliphatic hydroxyl groups excluding tert-OH is 1. The van der Waals surface area contributed by atoms with Crippen LogP contribution in [0.1, 0.15) is 24.4 Å². The van der Waals surface area contributed by atoms with Crippen molar-refractivity contribution < 1.29 is 9.84 Å². The molecule has 1 aromatic heterocycles. The van der Waals surface area contributed by atoms with Gasteiger partial charge in [0.05, 0.1) is 6.04 Å². The minimum atomic E-state index is -0.585. The van der Waals surface area contributed by atoms with Crippen LogP contribution in [0.5, 0.6) is 5.75 Å². The van der Waals surface area contributed by atoms with Gasteiger partial charge in [-0.25, -0.2) is 4.98 Å². The van der Waals surface area contributed by atoms with Crippen LogP contribution in [0, 0.1) is 0 Å². The first kappa shape index (κ1) is 16.2. The highest BCUT2D eigenvalue weighted by Crippen LogP contribution is 2.19. The number of ether oxygens (including phenoxy) is 1. The van der Waals surface area contributed by atoms with E-state index < -0.39 is 6.10 Å². The Bertz CT molecular complexity index is 536. The molecule has 2 aromatic rings. The second kappa shape index (κ2) is 8.34. The quantitative estimate of drug-likeness (QED) is 0.781. The number of hydrogen-bond donors (Lipinski definition) is 2. The summed E-state index contributed by atoms with van der Waals surface area (Å²) in [5, 5.41) is 16.9. The zero-order valence-electron chi connectivity index (χ0n) is 11.8. The van der Waals surface area contributed by atoms with Crippen molar-refractivity contribution in [3.63, 3.8) is 0 Å². The van der Waals surface area contributed by atoms with Crippen LogP contribution in [-0.2, 0) is 0 Å². The first-order valence-corrected chi connectivity index (χ1v) is 8.14. The Morgan fingerprint density at radius 3 is 3.00 bits per heavy atom. The third kappa shape index (κ3) is 5.28. The minimum Gasteiger partial charge on any atom is -0.491 e. The molecular formula is C15H19ClN2O2S. The largest absolute Gasteiger partial charge is 0.491 e. The summed E-state index contributed by atoms with van der Waals surface area (Å²) < 4.78 is 5.52. The van der Waals surface area contributed by atoms with Crippen molar-refractivity contribution >= 4 is 22.9 Å². The second-order valence-corrected chi connectivity index (χ2v) is 6.02. The first-order chi connectivity index (χ1) is 10.2. The molecule has 0 spiro atoms. The molecule has 1 heterocycles. The monoisotopic (exact) mass is 326 g/mol. The van der Waals surface area contributed by atoms with Crippen molar-refractivity contribution in [1.82, 2.24) is 10.3 Å². The van der Waals surface area contributed by atoms with Crippen molar-refractivity contribution in [2.45, 2.75) is 25.5 Å². The van der Waals surface area contributed by atoms with Gasteiger partial charge in [-0.2, -0.15) is 0 Å². The summed E-state index contributed by atoms with van der Waals surface area (Å²) in [6, 6.07) is 7.32. The van der Waals surface area contributed by atoms with Crippen LogP contribution < -0.4 is 10.1 Å². The molecule has 2 N–H and O–H groups in total. The van der Waals surface area contributed by atoms with Gasteiger partial charge in [-0.3, -0.25) is 0 Å². The van der Waals surface area contributed by atoms with E-state index in [4.69, 9.17) is 16.3 Å². The molecule has 6 heteroatoms. The zero-order valence-corrected chi connectivity index (χ0v) is 13.4. The maximum absolute atomic E-state index is 9.98. The number of aliphatic hydroxyl groups is 1. The molecule has 0 fully saturated rings. The van der Waals surface area contributed by atoms with Gasteiger partial charge >= 0.3 is 0 Å². The third-order valence-corrected chi connectivity index (χ3v) is 4.12. The van der Waals surface area contributed by atoms with E-state index in [-0.39, 0.29) is 12.6 Å². The molecule has 2 rings (SSSR count). The summed E-state index contributed by atoms with van der Waals surface area (Å²) in [7, 11) is 0. The van der Waals surface area contributed by atoms with Gasteiger partial charge in [0.2, 0.25) is 0 Å². The number of thiazole rings is 1. The number of halogens is 1. The van der Waals surface area contributed by atoms with E-state index in [0.29, 0.717) is 17.3 Å². The maximum Gasteiger partial charge on any atom is 0.120 e. The topological polar surface area (TPSA) is 54.4 Å². The van der Waals surface area contributed by atoms with Crippen molar-refractivity contribution in [3.05, 3.63) is 45.9 Å². The van der Waals surface area contributed by atoms with Crippen LogP contribution in [-0.4, -0.2) is 29.3 Å². The lowest BCUT2D eigenvalue weighted by molar-refractivity contribution is 0.103. The van der Waals surface area contributed by atoms with Gasteiger partial charge in [0.15, 0.2) is 0 Å². The molecule has 0 saturated carbocycles. The van der Waals surface area contributed by atoms with Gasteiger partial charge in [-0.15, -0.1) is 11.3 Å². The summed E-state index contributed by atoms with van der Waals surface area (Å²) in [5.74, 6) is 0.661. The average Bonchev–Trinajstić information content (AvgIpc) is 3.00. The molecule has 0 aliphatic rings. The van der Waals surface area contributed by atoms with Gasteiger partial charge in [-0.05, 0) is 24.6 Å². The standard InChI is InChI=1S/C15H19ClN2O2S/c1-2-14(15-17-6-7-21-15)18-9-12(19)10-20-13-5-3-4-11(16)8-13/h3-8,12,14,18-19H,2,9-10H2,1H3. The van der Waals surface area contributed by atoms with E-state index in [9.17, 15) is 5.11 Å². The van der Waals surface area contributed by atoms with Crippen molar-refractivity contribution in [2.24, 2.45) is 0 Å². The van der Waals surface area contributed by atoms with Crippen LogP contribution >= 0.6 is 22.9 Å². The summed E-state index contributed by atoms with van der Waals surface area (Å²) in [6.45, 7) is 2.77. The molecule has 0 amide bonds. The summed E-state index contributed by atoms with van der Waals surface area (Å²) >= 11 is 7.50. The average molecular weight is 327 g/mol. The first-order valence-electron chi connectivity index (χ1n) is 6.88. The lowest BCUT2D eigenvalue weighted by Crippen LogP contribution is -2.33. The molecule has 114 valence electrons. The molecule has 0 bridgehead atoms. The normalized spacial score (nSPS) is 13.9. The Morgan fingerprint density at radius 1 is 1.48 bits per heavy atom. The fourth-order valence-electron chi connectivity index (χ4n) is 1.90. The molecule has 4 nitrogen and oxygen atoms in total. The van der Waals surface area contributed by atoms with E-state index >= 15 is 0 Å². The van der Waals surface area contributed by atoms with E-state index in [2.05, 4.69) is 17.2 Å². The zero-order chi connectivity index (χ0) is 15.1. The van der Waals surface area contributed by atoms with Crippen molar-refractivity contribution in [1.29, 1.82) is 0 Å². The fourth-order valence-corrected chi connectivity index (χ4v) is 2.88. The highest BCUT2D eigenvalue weighted by Gasteiger charge is 2.13. The van der Waals surface area contributed by atoms with Crippen LogP contribution in [0.4, 0.5) is 0 Å². The Hall–Kier alpha value is -1.14. The molecular weight excluding hydrogens is 308 g/mol. The predicted octanol–water partition coefficient (Wildman–Crippen LogP) is 3.28. The number of nitrogens with zero attached hydrogens (tertiary/aromatic N) is 1. The Labute approximate surface area is 133 Å². The molecule has 1 aromatic carbocycles. The SMILES string of the molecule is CCC(NCC(O)COc1cccc(Cl)c1)c1nccs1. The number of aromatic nitrogens is 1. The molecule has 2 unspecified atom stereocenters. The van der Waals surface area contributed by atoms with E-state index in [1.54, 1.807) is 29.7 Å². The molecule has 2 atom stereocenters. The van der Waals surface area contributed by atoms with Gasteiger partial charge in [-0.1, -0.05) is 24.6 Å². The van der Waals surface area contributed by atoms with Crippen molar-refractivity contribution in [2.75, 3.05) is 13.2 Å². The maximum atomic E-state index is 9.98. The molecule has 0 aliphatic heterocycles. The molecule has 0 radical (unpaired) electrons. The van der Waals surface area contributed by atoms with Crippen molar-refractivity contribution in [3.8, 4) is 5.75 Å². The van der Waals surface area contributed by atoms with Crippen LogP contribution in [0.3, 0.4) is 0 Å². The lowest BCUT2D eigenvalue weighted by Gasteiger charge is -2.18. The third-order valence-electron chi connectivity index (χ3n) is 3.00. The molecule has 21 heavy (non-hydrogen) atoms. The molecule has 0 saturated heterocycles. The van der Waals surface area contributed by atoms with Gasteiger partial charge in [0, 0.05) is 23.1 Å². The number of hydrogen-bond acceptors (Lipinski definition) is 5. The summed E-state index contributed by atoms with van der Waals surface area (Å²) in [5.41, 5.74) is 0. The number of rotatable bonds is 8. The Morgan fingerprint density at radius 2 is 2.33 bits per heavy atom. The van der Waals surface area contributed by atoms with Gasteiger partial charge in [0.1, 0.15) is 23.5 Å². The van der Waals surface area contributed by atoms with E-state index in [1.807, 2.05) is 17.5 Å². The van der Waals surface area contributed by atoms with Gasteiger partial charge in [0.25, 0.3) is 0 Å². The minimum absolute atomic E-state index is 0.172. The summed E-state index contributed by atoms with van der Waals surface area (Å²) in [6.07, 6.45) is 2.14. The van der Waals surface area contributed by atoms with Crippen LogP contribution in [0.25, 0.3) is 0 Å². The molecule has 0 aliphatic carbocycles. The highest BCUT2D eigenvalue weighted by atomic mass is 35.5. The van der Waals surface area contributed by atoms with Gasteiger partial charge < -0.3 is 15.2 Å². The van der Waals surface area contributed by atoms with E-state index in [0.717, 1.165) is 11.4 Å². The predicted molar refractivity (Wildman–Crippen MR) is 86.1 cm³/mol. The van der Waals surface area contributed by atoms with Crippen LogP contribution in [0.15, 0.2) is 35.8 Å². The Kier molecular flexibility index (Phi) is 6.45. The van der Waals surface area contributed by atoms with E-state index in [1.165, 1.54) is 0 Å². The number of benzene rings is 1. The highest BCUT2D eigenvalue weighted by molar-refractivity contribution is 7.09. The second-order valence-electron chi connectivity index (χ2n) is 4.66.